The topological polar surface area (TPSA) is 75.6 Å². The van der Waals surface area contributed by atoms with Crippen LogP contribution in [0.1, 0.15) is 12.0 Å². The van der Waals surface area contributed by atoms with E-state index in [2.05, 4.69) is 16.6 Å². The van der Waals surface area contributed by atoms with Gasteiger partial charge in [0.25, 0.3) is 0 Å². The molecule has 0 bridgehead atoms. The summed E-state index contributed by atoms with van der Waals surface area (Å²) in [5.41, 5.74) is 0.952. The van der Waals surface area contributed by atoms with Crippen LogP contribution < -0.4 is 4.72 Å². The number of ether oxygens (including phenoxy) is 1. The molecule has 0 heterocycles. The van der Waals surface area contributed by atoms with E-state index in [4.69, 9.17) is 9.84 Å². The second kappa shape index (κ2) is 7.79. The third-order valence-corrected chi connectivity index (χ3v) is 3.61. The molecule has 1 aromatic carbocycles. The van der Waals surface area contributed by atoms with Crippen LogP contribution >= 0.6 is 0 Å². The summed E-state index contributed by atoms with van der Waals surface area (Å²) in [5.74, 6) is 5.18. The molecular weight excluding hydrogens is 266 g/mol. The number of methoxy groups -OCH3 is 1. The quantitative estimate of drug-likeness (QED) is 0.598. The molecule has 0 radical (unpaired) electrons. The Morgan fingerprint density at radius 3 is 2.79 bits per heavy atom. The average molecular weight is 283 g/mol. The molecule has 0 atom stereocenters. The van der Waals surface area contributed by atoms with Crippen molar-refractivity contribution in [1.82, 2.24) is 0 Å². The van der Waals surface area contributed by atoms with Gasteiger partial charge in [0.15, 0.2) is 0 Å². The van der Waals surface area contributed by atoms with Gasteiger partial charge in [0, 0.05) is 19.3 Å². The van der Waals surface area contributed by atoms with Crippen LogP contribution in [-0.2, 0) is 14.8 Å². The van der Waals surface area contributed by atoms with Gasteiger partial charge in [-0.2, -0.15) is 0 Å². The fourth-order valence-electron chi connectivity index (χ4n) is 1.43. The smallest absolute Gasteiger partial charge is 0.232 e. The van der Waals surface area contributed by atoms with Gasteiger partial charge in [-0.15, -0.1) is 0 Å². The molecule has 2 N–H and O–H groups in total. The van der Waals surface area contributed by atoms with Gasteiger partial charge >= 0.3 is 0 Å². The van der Waals surface area contributed by atoms with Crippen LogP contribution in [0.4, 0.5) is 5.69 Å². The third-order valence-electron chi connectivity index (χ3n) is 2.26. The summed E-state index contributed by atoms with van der Waals surface area (Å²) in [5, 5.41) is 8.67. The Kier molecular flexibility index (Phi) is 6.36. The van der Waals surface area contributed by atoms with Gasteiger partial charge in [-0.05, 0) is 18.6 Å². The number of sulfonamides is 1. The summed E-state index contributed by atoms with van der Waals surface area (Å²) >= 11 is 0. The first-order valence-electron chi connectivity index (χ1n) is 5.77. The van der Waals surface area contributed by atoms with Crippen LogP contribution in [0.25, 0.3) is 0 Å². The maximum Gasteiger partial charge on any atom is 0.232 e. The highest BCUT2D eigenvalue weighted by atomic mass is 32.2. The first-order valence-corrected chi connectivity index (χ1v) is 7.42. The summed E-state index contributed by atoms with van der Waals surface area (Å²) in [4.78, 5) is 0. The van der Waals surface area contributed by atoms with Gasteiger partial charge in [0.1, 0.15) is 6.61 Å². The molecule has 19 heavy (non-hydrogen) atoms. The summed E-state index contributed by atoms with van der Waals surface area (Å²) < 4.78 is 31.0. The standard InChI is InChI=1S/C13H17NO4S/c1-18-10-5-11-19(16,17)14-13-8-3-2-6-12(13)7-4-9-15/h2-3,6,8,14-15H,5,9-11H2,1H3. The number of rotatable bonds is 6. The van der Waals surface area contributed by atoms with Crippen molar-refractivity contribution in [3.05, 3.63) is 29.8 Å². The molecule has 0 aliphatic rings. The number of para-hydroxylation sites is 1. The minimum atomic E-state index is -3.41. The molecule has 0 aliphatic heterocycles. The van der Waals surface area contributed by atoms with Gasteiger partial charge in [0.05, 0.1) is 11.4 Å². The molecule has 0 amide bonds. The Morgan fingerprint density at radius 1 is 1.37 bits per heavy atom. The molecule has 0 spiro atoms. The van der Waals surface area contributed by atoms with Crippen LogP contribution in [0.2, 0.25) is 0 Å². The van der Waals surface area contributed by atoms with Crippen LogP contribution in [-0.4, -0.2) is 39.6 Å². The largest absolute Gasteiger partial charge is 0.385 e. The lowest BCUT2D eigenvalue weighted by Crippen LogP contribution is -2.18. The van der Waals surface area contributed by atoms with Crippen molar-refractivity contribution in [2.24, 2.45) is 0 Å². The molecular formula is C13H17NO4S. The van der Waals surface area contributed by atoms with Gasteiger partial charge in [0.2, 0.25) is 10.0 Å². The van der Waals surface area contributed by atoms with E-state index >= 15 is 0 Å². The lowest BCUT2D eigenvalue weighted by molar-refractivity contribution is 0.199. The molecule has 1 aromatic rings. The van der Waals surface area contributed by atoms with E-state index in [0.717, 1.165) is 0 Å². The maximum absolute atomic E-state index is 11.8. The second-order valence-corrected chi connectivity index (χ2v) is 5.61. The predicted octanol–water partition coefficient (Wildman–Crippen LogP) is 0.809. The summed E-state index contributed by atoms with van der Waals surface area (Å²) in [6, 6.07) is 6.80. The van der Waals surface area contributed by atoms with E-state index in [-0.39, 0.29) is 12.4 Å². The van der Waals surface area contributed by atoms with E-state index in [9.17, 15) is 8.42 Å². The monoisotopic (exact) mass is 283 g/mol. The SMILES string of the molecule is COCCCS(=O)(=O)Nc1ccccc1C#CCO. The van der Waals surface area contributed by atoms with Crippen molar-refractivity contribution in [1.29, 1.82) is 0 Å². The Balaban J connectivity index is 2.81. The van der Waals surface area contributed by atoms with E-state index in [1.807, 2.05) is 0 Å². The van der Waals surface area contributed by atoms with Gasteiger partial charge in [-0.3, -0.25) is 4.72 Å². The summed E-state index contributed by atoms with van der Waals surface area (Å²) in [6.45, 7) is 0.127. The average Bonchev–Trinajstić information content (AvgIpc) is 2.37. The molecule has 104 valence electrons. The van der Waals surface area contributed by atoms with Crippen LogP contribution in [0.3, 0.4) is 0 Å². The van der Waals surface area contributed by atoms with Crippen molar-refractivity contribution in [3.63, 3.8) is 0 Å². The summed E-state index contributed by atoms with van der Waals surface area (Å²) in [7, 11) is -1.89. The van der Waals surface area contributed by atoms with Crippen molar-refractivity contribution < 1.29 is 18.3 Å². The molecule has 0 fully saturated rings. The first-order chi connectivity index (χ1) is 9.09. The van der Waals surface area contributed by atoms with Crippen LogP contribution in [0, 0.1) is 11.8 Å². The molecule has 6 heteroatoms. The van der Waals surface area contributed by atoms with E-state index in [0.29, 0.717) is 24.3 Å². The van der Waals surface area contributed by atoms with Crippen molar-refractivity contribution >= 4 is 15.7 Å². The molecule has 0 aliphatic carbocycles. The second-order valence-electron chi connectivity index (χ2n) is 3.77. The molecule has 1 rings (SSSR count). The van der Waals surface area contributed by atoms with Gasteiger partial charge < -0.3 is 9.84 Å². The van der Waals surface area contributed by atoms with Gasteiger partial charge in [-0.25, -0.2) is 8.42 Å². The minimum Gasteiger partial charge on any atom is -0.385 e. The first kappa shape index (κ1) is 15.5. The Hall–Kier alpha value is -1.55. The predicted molar refractivity (Wildman–Crippen MR) is 74.3 cm³/mol. The Morgan fingerprint density at radius 2 is 2.11 bits per heavy atom. The highest BCUT2D eigenvalue weighted by Gasteiger charge is 2.11. The lowest BCUT2D eigenvalue weighted by atomic mass is 10.2. The zero-order valence-electron chi connectivity index (χ0n) is 10.7. The van der Waals surface area contributed by atoms with Crippen molar-refractivity contribution in [3.8, 4) is 11.8 Å². The zero-order chi connectivity index (χ0) is 14.1. The van der Waals surface area contributed by atoms with Gasteiger partial charge in [-0.1, -0.05) is 24.0 Å². The number of aliphatic hydroxyl groups is 1. The van der Waals surface area contributed by atoms with E-state index < -0.39 is 10.0 Å². The number of nitrogens with one attached hydrogen (secondary N) is 1. The summed E-state index contributed by atoms with van der Waals surface area (Å²) in [6.07, 6.45) is 0.427. The Labute approximate surface area is 113 Å². The molecule has 0 unspecified atom stereocenters. The number of anilines is 1. The normalized spacial score (nSPS) is 10.6. The Bertz CT molecular complexity index is 557. The third kappa shape index (κ3) is 5.75. The molecule has 0 aromatic heterocycles. The zero-order valence-corrected chi connectivity index (χ0v) is 11.5. The van der Waals surface area contributed by atoms with E-state index in [1.54, 1.807) is 24.3 Å². The molecule has 5 nitrogen and oxygen atoms in total. The maximum atomic E-state index is 11.8. The number of benzene rings is 1. The number of aliphatic hydroxyl groups excluding tert-OH is 1. The molecule has 0 saturated heterocycles. The fourth-order valence-corrected chi connectivity index (χ4v) is 2.54. The van der Waals surface area contributed by atoms with Crippen LogP contribution in [0.5, 0.6) is 0 Å². The number of hydrogen-bond donors (Lipinski definition) is 2. The highest BCUT2D eigenvalue weighted by molar-refractivity contribution is 7.92. The molecule has 0 saturated carbocycles. The minimum absolute atomic E-state index is 0.0113. The van der Waals surface area contributed by atoms with Crippen molar-refractivity contribution in [2.45, 2.75) is 6.42 Å². The van der Waals surface area contributed by atoms with Crippen LogP contribution in [0.15, 0.2) is 24.3 Å². The highest BCUT2D eigenvalue weighted by Crippen LogP contribution is 2.15. The lowest BCUT2D eigenvalue weighted by Gasteiger charge is -2.09. The van der Waals surface area contributed by atoms with E-state index in [1.165, 1.54) is 7.11 Å². The fraction of sp³-hybridized carbons (Fsp3) is 0.385. The number of hydrogen-bond acceptors (Lipinski definition) is 4. The van der Waals surface area contributed by atoms with Crippen molar-refractivity contribution in [2.75, 3.05) is 30.8 Å².